The van der Waals surface area contributed by atoms with E-state index < -0.39 is 13.4 Å². The number of carboxylic acid groups (broad SMARTS) is 1. The van der Waals surface area contributed by atoms with Crippen molar-refractivity contribution in [1.29, 1.82) is 0 Å². The summed E-state index contributed by atoms with van der Waals surface area (Å²) in [5.41, 5.74) is -0.292. The molecule has 0 rings (SSSR count). The van der Waals surface area contributed by atoms with E-state index in [0.717, 1.165) is 19.3 Å². The summed E-state index contributed by atoms with van der Waals surface area (Å²) >= 11 is 6.25. The molecule has 0 saturated carbocycles. The standard InChI is InChI=1S/C14H29ClO2Si/c1-4-5-6-7-8-9-10-11-12-13(14(16)17)18(2,3)15/h13H,4-12H2,1-3H3,(H,16,17). The highest BCUT2D eigenvalue weighted by Crippen LogP contribution is 2.31. The van der Waals surface area contributed by atoms with Crippen molar-refractivity contribution in [3.8, 4) is 0 Å². The molecule has 0 aliphatic rings. The molecule has 0 fully saturated rings. The lowest BCUT2D eigenvalue weighted by atomic mass is 10.1. The van der Waals surface area contributed by atoms with Gasteiger partial charge in [0.15, 0.2) is 7.38 Å². The van der Waals surface area contributed by atoms with Gasteiger partial charge in [0, 0.05) is 0 Å². The van der Waals surface area contributed by atoms with Crippen LogP contribution in [0.15, 0.2) is 0 Å². The molecule has 2 nitrogen and oxygen atoms in total. The van der Waals surface area contributed by atoms with Gasteiger partial charge >= 0.3 is 5.97 Å². The Morgan fingerprint density at radius 1 is 1.06 bits per heavy atom. The maximum absolute atomic E-state index is 11.1. The first-order chi connectivity index (χ1) is 8.39. The van der Waals surface area contributed by atoms with Crippen molar-refractivity contribution >= 4 is 24.4 Å². The van der Waals surface area contributed by atoms with Gasteiger partial charge < -0.3 is 5.11 Å². The summed E-state index contributed by atoms with van der Waals surface area (Å²) in [5, 5.41) is 9.16. The zero-order valence-electron chi connectivity index (χ0n) is 12.2. The second-order valence-corrected chi connectivity index (χ2v) is 12.5. The lowest BCUT2D eigenvalue weighted by Crippen LogP contribution is -2.31. The van der Waals surface area contributed by atoms with Crippen molar-refractivity contribution in [1.82, 2.24) is 0 Å². The Hall–Kier alpha value is -0.0231. The molecule has 0 radical (unpaired) electrons. The van der Waals surface area contributed by atoms with Gasteiger partial charge in [-0.05, 0) is 6.42 Å². The van der Waals surface area contributed by atoms with Crippen molar-refractivity contribution < 1.29 is 9.90 Å². The van der Waals surface area contributed by atoms with E-state index in [2.05, 4.69) is 6.92 Å². The normalized spacial score (nSPS) is 13.6. The lowest BCUT2D eigenvalue weighted by molar-refractivity contribution is -0.137. The van der Waals surface area contributed by atoms with Crippen LogP contribution in [0.1, 0.15) is 64.7 Å². The second kappa shape index (κ2) is 9.85. The molecule has 0 spiro atoms. The van der Waals surface area contributed by atoms with Crippen LogP contribution in [0.4, 0.5) is 0 Å². The minimum atomic E-state index is -2.06. The summed E-state index contributed by atoms with van der Waals surface area (Å²) in [4.78, 5) is 11.1. The largest absolute Gasteiger partial charge is 0.481 e. The second-order valence-electron chi connectivity index (χ2n) is 5.72. The van der Waals surface area contributed by atoms with Crippen molar-refractivity contribution in [2.45, 2.75) is 83.3 Å². The van der Waals surface area contributed by atoms with Crippen molar-refractivity contribution in [2.24, 2.45) is 0 Å². The predicted molar refractivity (Wildman–Crippen MR) is 81.9 cm³/mol. The van der Waals surface area contributed by atoms with Gasteiger partial charge in [0.2, 0.25) is 0 Å². The van der Waals surface area contributed by atoms with Gasteiger partial charge in [-0.2, -0.15) is 11.1 Å². The molecule has 18 heavy (non-hydrogen) atoms. The van der Waals surface area contributed by atoms with E-state index in [4.69, 9.17) is 16.2 Å². The van der Waals surface area contributed by atoms with Crippen LogP contribution in [0, 0.1) is 0 Å². The number of hydrogen-bond acceptors (Lipinski definition) is 1. The highest BCUT2D eigenvalue weighted by atomic mass is 35.6. The number of unbranched alkanes of at least 4 members (excludes halogenated alkanes) is 7. The number of carbonyl (C=O) groups is 1. The zero-order valence-corrected chi connectivity index (χ0v) is 13.9. The Bertz CT molecular complexity index is 226. The quantitative estimate of drug-likeness (QED) is 0.314. The lowest BCUT2D eigenvalue weighted by Gasteiger charge is -2.22. The third-order valence-electron chi connectivity index (χ3n) is 3.47. The van der Waals surface area contributed by atoms with Crippen LogP contribution < -0.4 is 0 Å². The average molecular weight is 293 g/mol. The van der Waals surface area contributed by atoms with Gasteiger partial charge in [0.05, 0.1) is 5.54 Å². The summed E-state index contributed by atoms with van der Waals surface area (Å²) < 4.78 is 0. The number of aliphatic carboxylic acids is 1. The summed E-state index contributed by atoms with van der Waals surface area (Å²) in [5.74, 6) is -0.704. The molecule has 0 saturated heterocycles. The van der Waals surface area contributed by atoms with Crippen molar-refractivity contribution in [2.75, 3.05) is 0 Å². The van der Waals surface area contributed by atoms with Crippen LogP contribution in [0.3, 0.4) is 0 Å². The van der Waals surface area contributed by atoms with Crippen LogP contribution in [0.25, 0.3) is 0 Å². The molecule has 1 atom stereocenters. The van der Waals surface area contributed by atoms with Crippen LogP contribution in [0.5, 0.6) is 0 Å². The summed E-state index contributed by atoms with van der Waals surface area (Å²) in [7, 11) is -2.06. The summed E-state index contributed by atoms with van der Waals surface area (Å²) in [6.45, 7) is 6.08. The molecule has 0 aromatic rings. The average Bonchev–Trinajstić information content (AvgIpc) is 2.24. The first kappa shape index (κ1) is 18.0. The molecular weight excluding hydrogens is 264 g/mol. The number of hydrogen-bond donors (Lipinski definition) is 1. The first-order valence-corrected chi connectivity index (χ1v) is 11.4. The molecule has 108 valence electrons. The highest BCUT2D eigenvalue weighted by molar-refractivity contribution is 7.20. The number of carboxylic acids is 1. The Morgan fingerprint density at radius 3 is 1.89 bits per heavy atom. The zero-order chi connectivity index (χ0) is 14.0. The van der Waals surface area contributed by atoms with E-state index in [1.807, 2.05) is 13.1 Å². The van der Waals surface area contributed by atoms with E-state index in [1.165, 1.54) is 38.5 Å². The van der Waals surface area contributed by atoms with Crippen LogP contribution >= 0.6 is 11.1 Å². The Balaban J connectivity index is 3.60. The Labute approximate surface area is 118 Å². The highest BCUT2D eigenvalue weighted by Gasteiger charge is 2.35. The molecule has 4 heteroatoms. The van der Waals surface area contributed by atoms with E-state index in [0.29, 0.717) is 0 Å². The molecule has 1 N–H and O–H groups in total. The van der Waals surface area contributed by atoms with E-state index in [1.54, 1.807) is 0 Å². The fourth-order valence-electron chi connectivity index (χ4n) is 2.24. The van der Waals surface area contributed by atoms with E-state index in [-0.39, 0.29) is 5.54 Å². The summed E-state index contributed by atoms with van der Waals surface area (Å²) in [6.07, 6.45) is 10.7. The van der Waals surface area contributed by atoms with Crippen LogP contribution in [-0.2, 0) is 4.79 Å². The topological polar surface area (TPSA) is 37.3 Å². The van der Waals surface area contributed by atoms with Crippen molar-refractivity contribution in [3.05, 3.63) is 0 Å². The smallest absolute Gasteiger partial charge is 0.304 e. The third kappa shape index (κ3) is 8.98. The Morgan fingerprint density at radius 2 is 1.50 bits per heavy atom. The number of rotatable bonds is 11. The molecule has 0 aromatic heterocycles. The van der Waals surface area contributed by atoms with E-state index >= 15 is 0 Å². The van der Waals surface area contributed by atoms with E-state index in [9.17, 15) is 4.79 Å². The van der Waals surface area contributed by atoms with Crippen LogP contribution in [-0.4, -0.2) is 18.5 Å². The molecule has 0 aromatic carbocycles. The first-order valence-electron chi connectivity index (χ1n) is 7.31. The molecule has 0 aliphatic heterocycles. The molecule has 0 heterocycles. The fourth-order valence-corrected chi connectivity index (χ4v) is 4.33. The molecule has 0 amide bonds. The van der Waals surface area contributed by atoms with Gasteiger partial charge in [-0.15, -0.1) is 0 Å². The van der Waals surface area contributed by atoms with Crippen molar-refractivity contribution in [3.63, 3.8) is 0 Å². The minimum Gasteiger partial charge on any atom is -0.481 e. The van der Waals surface area contributed by atoms with Gasteiger partial charge in [-0.25, -0.2) is 0 Å². The van der Waals surface area contributed by atoms with Crippen LogP contribution in [0.2, 0.25) is 18.6 Å². The Kier molecular flexibility index (Phi) is 9.84. The maximum Gasteiger partial charge on any atom is 0.304 e. The SMILES string of the molecule is CCCCCCCCCCC(C(=O)O)[Si](C)(C)Cl. The van der Waals surface area contributed by atoms with Gasteiger partial charge in [0.25, 0.3) is 0 Å². The fraction of sp³-hybridized carbons (Fsp3) is 0.929. The molecule has 0 aliphatic carbocycles. The third-order valence-corrected chi connectivity index (χ3v) is 6.46. The monoisotopic (exact) mass is 292 g/mol. The molecular formula is C14H29ClO2Si. The predicted octanol–water partition coefficient (Wildman–Crippen LogP) is 5.42. The van der Waals surface area contributed by atoms with Gasteiger partial charge in [0.1, 0.15) is 0 Å². The minimum absolute atomic E-state index is 0.292. The molecule has 1 unspecified atom stereocenters. The summed E-state index contributed by atoms with van der Waals surface area (Å²) in [6, 6.07) is 0. The number of halogens is 1. The maximum atomic E-state index is 11.1. The van der Waals surface area contributed by atoms with Gasteiger partial charge in [-0.1, -0.05) is 71.4 Å². The molecule has 0 bridgehead atoms. The van der Waals surface area contributed by atoms with Gasteiger partial charge in [-0.3, -0.25) is 4.79 Å².